The molecule has 0 N–H and O–H groups in total. The second-order valence-electron chi connectivity index (χ2n) is 8.14. The maximum atomic E-state index is 13.6. The summed E-state index contributed by atoms with van der Waals surface area (Å²) in [4.78, 5) is 32.5. The molecule has 0 spiro atoms. The molecule has 2 heterocycles. The molecular weight excluding hydrogens is 362 g/mol. The van der Waals surface area contributed by atoms with Crippen LogP contribution in [0.3, 0.4) is 0 Å². The quantitative estimate of drug-likeness (QED) is 0.747. The van der Waals surface area contributed by atoms with Gasteiger partial charge in [-0.15, -0.1) is 0 Å². The van der Waals surface area contributed by atoms with Crippen LogP contribution in [-0.4, -0.2) is 43.9 Å². The van der Waals surface area contributed by atoms with E-state index in [2.05, 4.69) is 11.8 Å². The molecule has 5 heteroatoms. The monoisotopic (exact) mass is 389 g/mol. The lowest BCUT2D eigenvalue weighted by molar-refractivity contribution is -0.120. The molecule has 2 aliphatic heterocycles. The van der Waals surface area contributed by atoms with E-state index in [1.165, 1.54) is 4.90 Å². The second kappa shape index (κ2) is 7.74. The van der Waals surface area contributed by atoms with Gasteiger partial charge in [0.1, 0.15) is 5.70 Å². The Morgan fingerprint density at radius 3 is 2.41 bits per heavy atom. The third kappa shape index (κ3) is 3.53. The Hall–Kier alpha value is -3.08. The maximum absolute atomic E-state index is 13.6. The van der Waals surface area contributed by atoms with E-state index >= 15 is 0 Å². The number of benzene rings is 2. The van der Waals surface area contributed by atoms with Gasteiger partial charge in [0, 0.05) is 32.9 Å². The first-order valence-corrected chi connectivity index (χ1v) is 10.2. The molecule has 150 valence electrons. The molecule has 1 fully saturated rings. The van der Waals surface area contributed by atoms with Crippen molar-refractivity contribution in [2.75, 3.05) is 37.0 Å². The third-order valence-electron chi connectivity index (χ3n) is 5.70. The van der Waals surface area contributed by atoms with E-state index in [1.807, 2.05) is 73.6 Å². The minimum absolute atomic E-state index is 0.223. The Bertz CT molecular complexity index is 965. The molecular formula is C24H27N3O2. The van der Waals surface area contributed by atoms with Crippen molar-refractivity contribution in [2.24, 2.45) is 5.92 Å². The number of likely N-dealkylation sites (tertiary alicyclic amines) is 1. The smallest absolute Gasteiger partial charge is 0.282 e. The van der Waals surface area contributed by atoms with Gasteiger partial charge in [-0.25, -0.2) is 4.90 Å². The Labute approximate surface area is 172 Å². The summed E-state index contributed by atoms with van der Waals surface area (Å²) in [7, 11) is 3.89. The van der Waals surface area contributed by atoms with Crippen LogP contribution in [0.2, 0.25) is 0 Å². The molecule has 2 amide bonds. The minimum atomic E-state index is -0.245. The second-order valence-corrected chi connectivity index (χ2v) is 8.14. The lowest BCUT2D eigenvalue weighted by atomic mass is 9.98. The van der Waals surface area contributed by atoms with E-state index in [9.17, 15) is 9.59 Å². The number of nitrogens with zero attached hydrogens (tertiary/aromatic N) is 3. The molecule has 1 atom stereocenters. The summed E-state index contributed by atoms with van der Waals surface area (Å²) >= 11 is 0. The lowest BCUT2D eigenvalue weighted by Crippen LogP contribution is -2.39. The molecule has 29 heavy (non-hydrogen) atoms. The molecule has 2 aromatic rings. The van der Waals surface area contributed by atoms with Crippen LogP contribution in [0.25, 0.3) is 5.57 Å². The van der Waals surface area contributed by atoms with Gasteiger partial charge in [0.2, 0.25) is 0 Å². The number of carbonyl (C=O) groups excluding carboxylic acids is 2. The SMILES string of the molecule is CC1CCCN(C2=C(c3ccccc3)C(=O)N(c3cccc(N(C)C)c3)C2=O)C1. The number of carbonyl (C=O) groups is 2. The van der Waals surface area contributed by atoms with Gasteiger partial charge in [-0.05, 0) is 42.5 Å². The average Bonchev–Trinajstić information content (AvgIpc) is 2.99. The number of amides is 2. The largest absolute Gasteiger partial charge is 0.378 e. The highest BCUT2D eigenvalue weighted by atomic mass is 16.2. The molecule has 5 nitrogen and oxygen atoms in total. The van der Waals surface area contributed by atoms with E-state index in [0.29, 0.717) is 22.9 Å². The Morgan fingerprint density at radius 2 is 1.72 bits per heavy atom. The number of hydrogen-bond acceptors (Lipinski definition) is 4. The summed E-state index contributed by atoms with van der Waals surface area (Å²) in [6, 6.07) is 17.1. The summed E-state index contributed by atoms with van der Waals surface area (Å²) in [6.45, 7) is 3.81. The summed E-state index contributed by atoms with van der Waals surface area (Å²) in [5.41, 5.74) is 3.41. The first kappa shape index (κ1) is 19.2. The van der Waals surface area contributed by atoms with Crippen LogP contribution in [0, 0.1) is 5.92 Å². The fourth-order valence-corrected chi connectivity index (χ4v) is 4.21. The van der Waals surface area contributed by atoms with E-state index in [-0.39, 0.29) is 11.8 Å². The van der Waals surface area contributed by atoms with Crippen molar-refractivity contribution in [3.8, 4) is 0 Å². The zero-order valence-electron chi connectivity index (χ0n) is 17.3. The summed E-state index contributed by atoms with van der Waals surface area (Å²) in [5, 5.41) is 0. The van der Waals surface area contributed by atoms with Gasteiger partial charge in [-0.3, -0.25) is 9.59 Å². The molecule has 1 saturated heterocycles. The van der Waals surface area contributed by atoms with Crippen molar-refractivity contribution >= 4 is 28.8 Å². The van der Waals surface area contributed by atoms with Crippen molar-refractivity contribution in [3.05, 3.63) is 65.9 Å². The molecule has 0 saturated carbocycles. The van der Waals surface area contributed by atoms with Crippen molar-refractivity contribution in [3.63, 3.8) is 0 Å². The van der Waals surface area contributed by atoms with Crippen LogP contribution in [0.15, 0.2) is 60.3 Å². The highest BCUT2D eigenvalue weighted by molar-refractivity contribution is 6.45. The third-order valence-corrected chi connectivity index (χ3v) is 5.70. The highest BCUT2D eigenvalue weighted by Crippen LogP contribution is 2.37. The van der Waals surface area contributed by atoms with E-state index in [1.54, 1.807) is 0 Å². The number of anilines is 2. The Morgan fingerprint density at radius 1 is 0.966 bits per heavy atom. The molecule has 0 aliphatic carbocycles. The topological polar surface area (TPSA) is 43.9 Å². The molecule has 0 bridgehead atoms. The summed E-state index contributed by atoms with van der Waals surface area (Å²) in [6.07, 6.45) is 2.19. The standard InChI is InChI=1S/C24H27N3O2/c1-17-9-8-14-26(16-17)22-21(18-10-5-4-6-11-18)23(28)27(24(22)29)20-13-7-12-19(15-20)25(2)3/h4-7,10-13,15,17H,8-9,14,16H2,1-3H3. The van der Waals surface area contributed by atoms with Crippen molar-refractivity contribution in [1.29, 1.82) is 0 Å². The van der Waals surface area contributed by atoms with E-state index in [0.717, 1.165) is 37.2 Å². The van der Waals surface area contributed by atoms with Crippen molar-refractivity contribution < 1.29 is 9.59 Å². The molecule has 4 rings (SSSR count). The molecule has 1 unspecified atom stereocenters. The van der Waals surface area contributed by atoms with Crippen molar-refractivity contribution in [1.82, 2.24) is 4.90 Å². The van der Waals surface area contributed by atoms with E-state index < -0.39 is 0 Å². The van der Waals surface area contributed by atoms with Crippen LogP contribution in [-0.2, 0) is 9.59 Å². The lowest BCUT2D eigenvalue weighted by Gasteiger charge is -2.33. The Balaban J connectivity index is 1.81. The average molecular weight is 389 g/mol. The number of piperidine rings is 1. The van der Waals surface area contributed by atoms with Crippen LogP contribution < -0.4 is 9.80 Å². The van der Waals surface area contributed by atoms with Crippen LogP contribution in [0.1, 0.15) is 25.3 Å². The first-order valence-electron chi connectivity index (χ1n) is 10.2. The van der Waals surface area contributed by atoms with Crippen LogP contribution in [0.4, 0.5) is 11.4 Å². The molecule has 2 aliphatic rings. The van der Waals surface area contributed by atoms with Crippen LogP contribution >= 0.6 is 0 Å². The van der Waals surface area contributed by atoms with Gasteiger partial charge < -0.3 is 9.80 Å². The normalized spacial score (nSPS) is 19.9. The predicted octanol–water partition coefficient (Wildman–Crippen LogP) is 3.77. The summed E-state index contributed by atoms with van der Waals surface area (Å²) in [5.74, 6) is 0.0338. The van der Waals surface area contributed by atoms with Gasteiger partial charge in [0.25, 0.3) is 11.8 Å². The highest BCUT2D eigenvalue weighted by Gasteiger charge is 2.43. The van der Waals surface area contributed by atoms with Gasteiger partial charge in [-0.1, -0.05) is 43.3 Å². The predicted molar refractivity (Wildman–Crippen MR) is 117 cm³/mol. The molecule has 0 aromatic heterocycles. The zero-order valence-corrected chi connectivity index (χ0v) is 17.3. The number of rotatable bonds is 4. The van der Waals surface area contributed by atoms with Gasteiger partial charge in [-0.2, -0.15) is 0 Å². The number of hydrogen-bond donors (Lipinski definition) is 0. The van der Waals surface area contributed by atoms with Gasteiger partial charge in [0.05, 0.1) is 11.3 Å². The maximum Gasteiger partial charge on any atom is 0.282 e. The minimum Gasteiger partial charge on any atom is -0.378 e. The van der Waals surface area contributed by atoms with Crippen molar-refractivity contribution in [2.45, 2.75) is 19.8 Å². The molecule has 2 aromatic carbocycles. The zero-order chi connectivity index (χ0) is 20.5. The Kier molecular flexibility index (Phi) is 5.14. The van der Waals surface area contributed by atoms with E-state index in [4.69, 9.17) is 0 Å². The van der Waals surface area contributed by atoms with Gasteiger partial charge in [0.15, 0.2) is 0 Å². The fourth-order valence-electron chi connectivity index (χ4n) is 4.21. The number of imide groups is 1. The van der Waals surface area contributed by atoms with Crippen LogP contribution in [0.5, 0.6) is 0 Å². The molecule has 0 radical (unpaired) electrons. The summed E-state index contributed by atoms with van der Waals surface area (Å²) < 4.78 is 0. The first-order chi connectivity index (χ1) is 14.0. The van der Waals surface area contributed by atoms with Gasteiger partial charge >= 0.3 is 0 Å². The fraction of sp³-hybridized carbons (Fsp3) is 0.333.